The van der Waals surface area contributed by atoms with Crippen LogP contribution < -0.4 is 0 Å². The summed E-state index contributed by atoms with van der Waals surface area (Å²) in [5, 5.41) is 0. The summed E-state index contributed by atoms with van der Waals surface area (Å²) in [7, 11) is 0. The predicted molar refractivity (Wildman–Crippen MR) is 62.4 cm³/mol. The van der Waals surface area contributed by atoms with Crippen LogP contribution in [-0.2, 0) is 4.79 Å². The number of ketones is 1. The van der Waals surface area contributed by atoms with Gasteiger partial charge in [0.2, 0.25) is 0 Å². The molecule has 0 N–H and O–H groups in total. The van der Waals surface area contributed by atoms with Crippen LogP contribution in [0.5, 0.6) is 0 Å². The van der Waals surface area contributed by atoms with Crippen molar-refractivity contribution in [2.45, 2.75) is 65.2 Å². The van der Waals surface area contributed by atoms with Crippen molar-refractivity contribution in [2.75, 3.05) is 0 Å². The first-order valence-electron chi connectivity index (χ1n) is 5.91. The van der Waals surface area contributed by atoms with Gasteiger partial charge in [0.05, 0.1) is 0 Å². The van der Waals surface area contributed by atoms with Crippen LogP contribution in [0.2, 0.25) is 0 Å². The molecule has 0 radical (unpaired) electrons. The fraction of sp³-hybridized carbons (Fsp3) is 0.769. The summed E-state index contributed by atoms with van der Waals surface area (Å²) < 4.78 is 0. The van der Waals surface area contributed by atoms with Gasteiger partial charge < -0.3 is 4.79 Å². The van der Waals surface area contributed by atoms with Gasteiger partial charge in [-0.1, -0.05) is 38.3 Å². The first-order valence-corrected chi connectivity index (χ1v) is 5.91. The highest BCUT2D eigenvalue weighted by Crippen LogP contribution is 2.07. The van der Waals surface area contributed by atoms with Crippen molar-refractivity contribution < 1.29 is 4.79 Å². The summed E-state index contributed by atoms with van der Waals surface area (Å²) in [6.45, 7) is 3.84. The van der Waals surface area contributed by atoms with Gasteiger partial charge in [-0.2, -0.15) is 0 Å². The molecule has 0 aromatic carbocycles. The molecule has 0 unspecified atom stereocenters. The lowest BCUT2D eigenvalue weighted by Crippen LogP contribution is -1.89. The van der Waals surface area contributed by atoms with Crippen molar-refractivity contribution >= 4 is 5.78 Å². The molecule has 0 saturated carbocycles. The van der Waals surface area contributed by atoms with E-state index in [4.69, 9.17) is 0 Å². The van der Waals surface area contributed by atoms with Crippen molar-refractivity contribution in [2.24, 2.45) is 0 Å². The molecule has 0 aromatic heterocycles. The first-order chi connectivity index (χ1) is 6.77. The van der Waals surface area contributed by atoms with Crippen LogP contribution in [0, 0.1) is 0 Å². The maximum absolute atomic E-state index is 10.6. The van der Waals surface area contributed by atoms with Gasteiger partial charge in [0.15, 0.2) is 0 Å². The SMILES string of the molecule is CCC=CCCCCCCCC(C)=O. The average molecular weight is 196 g/mol. The molecule has 0 rings (SSSR count). The Hall–Kier alpha value is -0.590. The smallest absolute Gasteiger partial charge is 0.129 e. The lowest BCUT2D eigenvalue weighted by molar-refractivity contribution is -0.117. The Kier molecular flexibility index (Phi) is 10.0. The third-order valence-corrected chi connectivity index (χ3v) is 2.30. The van der Waals surface area contributed by atoms with Gasteiger partial charge in [0.25, 0.3) is 0 Å². The largest absolute Gasteiger partial charge is 0.300 e. The van der Waals surface area contributed by atoms with Crippen molar-refractivity contribution in [3.8, 4) is 0 Å². The molecule has 0 fully saturated rings. The number of hydrogen-bond donors (Lipinski definition) is 0. The number of rotatable bonds is 9. The zero-order chi connectivity index (χ0) is 10.6. The second-order valence-corrected chi connectivity index (χ2v) is 3.89. The minimum atomic E-state index is 0.330. The van der Waals surface area contributed by atoms with Crippen molar-refractivity contribution in [3.05, 3.63) is 12.2 Å². The maximum Gasteiger partial charge on any atom is 0.129 e. The fourth-order valence-corrected chi connectivity index (χ4v) is 1.45. The third-order valence-electron chi connectivity index (χ3n) is 2.30. The van der Waals surface area contributed by atoms with Crippen LogP contribution in [0.25, 0.3) is 0 Å². The Labute approximate surface area is 88.6 Å². The zero-order valence-electron chi connectivity index (χ0n) is 9.72. The summed E-state index contributed by atoms with van der Waals surface area (Å²) in [5.74, 6) is 0.330. The van der Waals surface area contributed by atoms with Crippen LogP contribution >= 0.6 is 0 Å². The molecule has 1 heteroatoms. The average Bonchev–Trinajstić information content (AvgIpc) is 2.15. The molecule has 82 valence electrons. The molecule has 0 spiro atoms. The highest BCUT2D eigenvalue weighted by atomic mass is 16.1. The van der Waals surface area contributed by atoms with Gasteiger partial charge >= 0.3 is 0 Å². The molecule has 0 amide bonds. The molecule has 1 nitrogen and oxygen atoms in total. The Morgan fingerprint density at radius 1 is 1.00 bits per heavy atom. The van der Waals surface area contributed by atoms with E-state index in [2.05, 4.69) is 19.1 Å². The molecule has 0 atom stereocenters. The van der Waals surface area contributed by atoms with E-state index in [0.29, 0.717) is 5.78 Å². The van der Waals surface area contributed by atoms with Gasteiger partial charge in [-0.05, 0) is 32.6 Å². The molecule has 0 aliphatic carbocycles. The van der Waals surface area contributed by atoms with Crippen molar-refractivity contribution in [3.63, 3.8) is 0 Å². The van der Waals surface area contributed by atoms with Gasteiger partial charge in [0, 0.05) is 6.42 Å². The van der Waals surface area contributed by atoms with E-state index in [-0.39, 0.29) is 0 Å². The minimum absolute atomic E-state index is 0.330. The Balaban J connectivity index is 2.99. The summed E-state index contributed by atoms with van der Waals surface area (Å²) in [5.41, 5.74) is 0. The van der Waals surface area contributed by atoms with Gasteiger partial charge in [-0.25, -0.2) is 0 Å². The Morgan fingerprint density at radius 2 is 1.64 bits per heavy atom. The number of allylic oxidation sites excluding steroid dienone is 2. The van der Waals surface area contributed by atoms with Crippen LogP contribution in [0.4, 0.5) is 0 Å². The van der Waals surface area contributed by atoms with E-state index in [9.17, 15) is 4.79 Å². The van der Waals surface area contributed by atoms with Crippen LogP contribution in [0.1, 0.15) is 65.2 Å². The minimum Gasteiger partial charge on any atom is -0.300 e. The number of carbonyl (C=O) groups excluding carboxylic acids is 1. The van der Waals surface area contributed by atoms with E-state index >= 15 is 0 Å². The normalized spacial score (nSPS) is 11.0. The Bertz CT molecular complexity index is 159. The van der Waals surface area contributed by atoms with E-state index in [1.807, 2.05) is 0 Å². The summed E-state index contributed by atoms with van der Waals surface area (Å²) in [6, 6.07) is 0. The Morgan fingerprint density at radius 3 is 2.29 bits per heavy atom. The topological polar surface area (TPSA) is 17.1 Å². The number of unbranched alkanes of at least 4 members (excludes halogenated alkanes) is 5. The zero-order valence-corrected chi connectivity index (χ0v) is 9.72. The van der Waals surface area contributed by atoms with Crippen molar-refractivity contribution in [1.82, 2.24) is 0 Å². The summed E-state index contributed by atoms with van der Waals surface area (Å²) in [4.78, 5) is 10.6. The molecular weight excluding hydrogens is 172 g/mol. The molecule has 0 heterocycles. The van der Waals surface area contributed by atoms with E-state index in [1.54, 1.807) is 6.92 Å². The highest BCUT2D eigenvalue weighted by Gasteiger charge is 1.93. The highest BCUT2D eigenvalue weighted by molar-refractivity contribution is 5.75. The molecule has 0 aliphatic rings. The molecule has 0 saturated heterocycles. The van der Waals surface area contributed by atoms with E-state index in [1.165, 1.54) is 32.1 Å². The second kappa shape index (κ2) is 10.5. The number of hydrogen-bond acceptors (Lipinski definition) is 1. The van der Waals surface area contributed by atoms with E-state index in [0.717, 1.165) is 19.3 Å². The standard InChI is InChI=1S/C13H24O/c1-3-4-5-6-7-8-9-10-11-12-13(2)14/h4-5H,3,6-12H2,1-2H3. The van der Waals surface area contributed by atoms with Crippen LogP contribution in [0.15, 0.2) is 12.2 Å². The van der Waals surface area contributed by atoms with Gasteiger partial charge in [-0.3, -0.25) is 0 Å². The molecule has 0 aromatic rings. The summed E-state index contributed by atoms with van der Waals surface area (Å²) in [6.07, 6.45) is 13.9. The molecule has 0 aliphatic heterocycles. The predicted octanol–water partition coefficient (Wildman–Crippen LogP) is 4.27. The fourth-order valence-electron chi connectivity index (χ4n) is 1.45. The number of carbonyl (C=O) groups is 1. The quantitative estimate of drug-likeness (QED) is 0.397. The van der Waals surface area contributed by atoms with E-state index < -0.39 is 0 Å². The van der Waals surface area contributed by atoms with Crippen molar-refractivity contribution in [1.29, 1.82) is 0 Å². The number of Topliss-reactive ketones (excluding diaryl/α,β-unsaturated/α-hetero) is 1. The lowest BCUT2D eigenvalue weighted by atomic mass is 10.1. The second-order valence-electron chi connectivity index (χ2n) is 3.89. The molecular formula is C13H24O. The molecule has 14 heavy (non-hydrogen) atoms. The monoisotopic (exact) mass is 196 g/mol. The van der Waals surface area contributed by atoms with Crippen LogP contribution in [-0.4, -0.2) is 5.78 Å². The lowest BCUT2D eigenvalue weighted by Gasteiger charge is -1.98. The summed E-state index contributed by atoms with van der Waals surface area (Å²) >= 11 is 0. The third kappa shape index (κ3) is 11.4. The van der Waals surface area contributed by atoms with Gasteiger partial charge in [0.1, 0.15) is 5.78 Å². The van der Waals surface area contributed by atoms with Crippen LogP contribution in [0.3, 0.4) is 0 Å². The maximum atomic E-state index is 10.6. The molecule has 0 bridgehead atoms. The first kappa shape index (κ1) is 13.4. The van der Waals surface area contributed by atoms with Gasteiger partial charge in [-0.15, -0.1) is 0 Å².